The van der Waals surface area contributed by atoms with E-state index in [1.807, 2.05) is 13.8 Å². The van der Waals surface area contributed by atoms with Gasteiger partial charge in [0.15, 0.2) is 0 Å². The fourth-order valence-electron chi connectivity index (χ4n) is 2.24. The molecule has 0 aromatic heterocycles. The Bertz CT molecular complexity index is 548. The van der Waals surface area contributed by atoms with Crippen LogP contribution in [0.2, 0.25) is 0 Å². The zero-order valence-electron chi connectivity index (χ0n) is 12.4. The summed E-state index contributed by atoms with van der Waals surface area (Å²) in [4.78, 5) is 22.1. The number of halogens is 1. The molecule has 0 spiro atoms. The molecule has 0 aliphatic rings. The van der Waals surface area contributed by atoms with Gasteiger partial charge in [0, 0.05) is 23.7 Å². The minimum absolute atomic E-state index is 0.0925. The maximum atomic E-state index is 13.4. The van der Waals surface area contributed by atoms with Crippen molar-refractivity contribution in [1.29, 1.82) is 0 Å². The summed E-state index contributed by atoms with van der Waals surface area (Å²) in [5.74, 6) is -1.10. The molecule has 21 heavy (non-hydrogen) atoms. The highest BCUT2D eigenvalue weighted by Crippen LogP contribution is 2.19. The van der Waals surface area contributed by atoms with E-state index in [1.54, 1.807) is 6.92 Å². The normalized spacial score (nSPS) is 13.8. The van der Waals surface area contributed by atoms with Crippen LogP contribution in [0.3, 0.4) is 0 Å². The van der Waals surface area contributed by atoms with Crippen molar-refractivity contribution in [1.82, 2.24) is 5.32 Å². The Morgan fingerprint density at radius 1 is 1.48 bits per heavy atom. The van der Waals surface area contributed by atoms with Crippen molar-refractivity contribution < 1.29 is 14.1 Å². The summed E-state index contributed by atoms with van der Waals surface area (Å²) in [5.41, 5.74) is 4.49. The molecule has 7 heteroatoms. The zero-order chi connectivity index (χ0) is 16.2. The number of amides is 1. The van der Waals surface area contributed by atoms with Crippen LogP contribution in [0.4, 0.5) is 10.1 Å². The Labute approximate surface area is 122 Å². The van der Waals surface area contributed by atoms with Gasteiger partial charge in [-0.15, -0.1) is 0 Å². The third-order valence-corrected chi connectivity index (χ3v) is 3.08. The van der Waals surface area contributed by atoms with E-state index in [4.69, 9.17) is 5.73 Å². The van der Waals surface area contributed by atoms with Gasteiger partial charge in [-0.05, 0) is 25.3 Å². The van der Waals surface area contributed by atoms with Gasteiger partial charge in [-0.3, -0.25) is 14.9 Å². The summed E-state index contributed by atoms with van der Waals surface area (Å²) in [6.45, 7) is 5.99. The van der Waals surface area contributed by atoms with E-state index >= 15 is 0 Å². The van der Waals surface area contributed by atoms with Crippen molar-refractivity contribution in [3.8, 4) is 0 Å². The molecule has 0 saturated heterocycles. The van der Waals surface area contributed by atoms with Gasteiger partial charge in [-0.25, -0.2) is 4.39 Å². The molecule has 1 aromatic carbocycles. The lowest BCUT2D eigenvalue weighted by Crippen LogP contribution is -2.52. The number of nitrogens with one attached hydrogen (secondary N) is 1. The molecule has 0 bridgehead atoms. The average molecular weight is 297 g/mol. The van der Waals surface area contributed by atoms with Crippen molar-refractivity contribution in [3.63, 3.8) is 0 Å². The van der Waals surface area contributed by atoms with Crippen LogP contribution in [-0.2, 0) is 0 Å². The second-order valence-electron chi connectivity index (χ2n) is 5.77. The first-order chi connectivity index (χ1) is 9.66. The quantitative estimate of drug-likeness (QED) is 0.621. The van der Waals surface area contributed by atoms with Crippen molar-refractivity contribution in [2.24, 2.45) is 11.7 Å². The SMILES string of the molecule is CC(C)CC(C)(CN)NC(=O)c1cc(F)cc([N+](=O)[O-])c1. The Kier molecular flexibility index (Phi) is 5.37. The molecule has 0 saturated carbocycles. The Morgan fingerprint density at radius 2 is 2.10 bits per heavy atom. The molecule has 0 radical (unpaired) electrons. The lowest BCUT2D eigenvalue weighted by atomic mass is 9.90. The predicted molar refractivity (Wildman–Crippen MR) is 77.4 cm³/mol. The van der Waals surface area contributed by atoms with Gasteiger partial charge in [0.2, 0.25) is 0 Å². The van der Waals surface area contributed by atoms with E-state index in [2.05, 4.69) is 5.32 Å². The number of non-ortho nitro benzene ring substituents is 1. The molecule has 0 fully saturated rings. The van der Waals surface area contributed by atoms with Gasteiger partial charge in [-0.1, -0.05) is 13.8 Å². The van der Waals surface area contributed by atoms with E-state index < -0.39 is 27.9 Å². The summed E-state index contributed by atoms with van der Waals surface area (Å²) >= 11 is 0. The number of nitro benzene ring substituents is 1. The summed E-state index contributed by atoms with van der Waals surface area (Å²) in [7, 11) is 0. The van der Waals surface area contributed by atoms with Crippen LogP contribution in [0.5, 0.6) is 0 Å². The molecule has 1 amide bonds. The molecule has 1 atom stereocenters. The summed E-state index contributed by atoms with van der Waals surface area (Å²) in [6, 6.07) is 2.78. The van der Waals surface area contributed by atoms with Crippen LogP contribution in [0.25, 0.3) is 0 Å². The van der Waals surface area contributed by atoms with Gasteiger partial charge in [0.05, 0.1) is 11.0 Å². The van der Waals surface area contributed by atoms with E-state index in [0.717, 1.165) is 18.2 Å². The van der Waals surface area contributed by atoms with Gasteiger partial charge >= 0.3 is 0 Å². The Hall–Kier alpha value is -2.02. The Morgan fingerprint density at radius 3 is 2.57 bits per heavy atom. The molecule has 0 aliphatic carbocycles. The molecule has 1 aromatic rings. The van der Waals surface area contributed by atoms with E-state index in [9.17, 15) is 19.3 Å². The summed E-state index contributed by atoms with van der Waals surface area (Å²) < 4.78 is 13.4. The summed E-state index contributed by atoms with van der Waals surface area (Å²) in [5, 5.41) is 13.4. The maximum Gasteiger partial charge on any atom is 0.273 e. The van der Waals surface area contributed by atoms with Crippen molar-refractivity contribution in [2.75, 3.05) is 6.54 Å². The smallest absolute Gasteiger partial charge is 0.273 e. The average Bonchev–Trinajstić information content (AvgIpc) is 2.36. The van der Waals surface area contributed by atoms with E-state index in [0.29, 0.717) is 12.3 Å². The van der Waals surface area contributed by atoms with Crippen molar-refractivity contribution in [2.45, 2.75) is 32.7 Å². The number of benzene rings is 1. The molecule has 0 aliphatic heterocycles. The number of hydrogen-bond donors (Lipinski definition) is 2. The molecule has 1 rings (SSSR count). The van der Waals surface area contributed by atoms with E-state index in [1.165, 1.54) is 0 Å². The molecular formula is C14H20FN3O3. The van der Waals surface area contributed by atoms with Crippen LogP contribution in [0.15, 0.2) is 18.2 Å². The molecule has 3 N–H and O–H groups in total. The van der Waals surface area contributed by atoms with Gasteiger partial charge in [-0.2, -0.15) is 0 Å². The van der Waals surface area contributed by atoms with Crippen LogP contribution < -0.4 is 11.1 Å². The molecular weight excluding hydrogens is 277 g/mol. The maximum absolute atomic E-state index is 13.4. The number of carbonyl (C=O) groups excluding carboxylic acids is 1. The third-order valence-electron chi connectivity index (χ3n) is 3.08. The van der Waals surface area contributed by atoms with Crippen molar-refractivity contribution >= 4 is 11.6 Å². The second-order valence-corrected chi connectivity index (χ2v) is 5.77. The second kappa shape index (κ2) is 6.62. The number of carbonyl (C=O) groups is 1. The molecule has 6 nitrogen and oxygen atoms in total. The minimum Gasteiger partial charge on any atom is -0.346 e. The lowest BCUT2D eigenvalue weighted by Gasteiger charge is -2.31. The molecule has 1 unspecified atom stereocenters. The molecule has 0 heterocycles. The highest BCUT2D eigenvalue weighted by atomic mass is 19.1. The zero-order valence-corrected chi connectivity index (χ0v) is 12.4. The van der Waals surface area contributed by atoms with Crippen LogP contribution >= 0.6 is 0 Å². The number of rotatable bonds is 6. The van der Waals surface area contributed by atoms with Crippen molar-refractivity contribution in [3.05, 3.63) is 39.7 Å². The molecule has 116 valence electrons. The number of nitrogens with two attached hydrogens (primary N) is 1. The van der Waals surface area contributed by atoms with Gasteiger partial charge < -0.3 is 11.1 Å². The van der Waals surface area contributed by atoms with Crippen LogP contribution in [0.1, 0.15) is 37.6 Å². The number of hydrogen-bond acceptors (Lipinski definition) is 4. The summed E-state index contributed by atoms with van der Waals surface area (Å²) in [6.07, 6.45) is 0.645. The third kappa shape index (κ3) is 4.78. The first-order valence-electron chi connectivity index (χ1n) is 6.64. The highest BCUT2D eigenvalue weighted by Gasteiger charge is 2.27. The fourth-order valence-corrected chi connectivity index (χ4v) is 2.24. The van der Waals surface area contributed by atoms with Gasteiger partial charge in [0.1, 0.15) is 5.82 Å². The predicted octanol–water partition coefficient (Wildman–Crippen LogP) is 2.23. The van der Waals surface area contributed by atoms with Crippen LogP contribution in [-0.4, -0.2) is 22.9 Å². The topological polar surface area (TPSA) is 98.3 Å². The first-order valence-corrected chi connectivity index (χ1v) is 6.64. The number of nitro groups is 1. The van der Waals surface area contributed by atoms with E-state index in [-0.39, 0.29) is 12.1 Å². The highest BCUT2D eigenvalue weighted by molar-refractivity contribution is 5.95. The first kappa shape index (κ1) is 17.0. The number of nitrogens with zero attached hydrogens (tertiary/aromatic N) is 1. The minimum atomic E-state index is -0.826. The fraction of sp³-hybridized carbons (Fsp3) is 0.500. The Balaban J connectivity index is 3.00. The largest absolute Gasteiger partial charge is 0.346 e. The lowest BCUT2D eigenvalue weighted by molar-refractivity contribution is -0.385. The standard InChI is InChI=1S/C14H20FN3O3/c1-9(2)7-14(3,8-16)17-13(19)10-4-11(15)6-12(5-10)18(20)21/h4-6,9H,7-8,16H2,1-3H3,(H,17,19). The van der Waals surface area contributed by atoms with Crippen LogP contribution in [0, 0.1) is 21.8 Å². The van der Waals surface area contributed by atoms with Gasteiger partial charge in [0.25, 0.3) is 11.6 Å². The monoisotopic (exact) mass is 297 g/mol.